The molecular formula is C23H26N4O2S2. The summed E-state index contributed by atoms with van der Waals surface area (Å²) in [5.74, 6) is 0.426. The van der Waals surface area contributed by atoms with Crippen LogP contribution >= 0.6 is 24.0 Å². The number of aromatic nitrogens is 3. The van der Waals surface area contributed by atoms with E-state index >= 15 is 0 Å². The van der Waals surface area contributed by atoms with Gasteiger partial charge in [0.25, 0.3) is 0 Å². The van der Waals surface area contributed by atoms with E-state index in [0.717, 1.165) is 58.0 Å². The smallest absolute Gasteiger partial charge is 0.186 e. The summed E-state index contributed by atoms with van der Waals surface area (Å²) in [6.45, 7) is 2.00. The Kier molecular flexibility index (Phi) is 4.94. The standard InChI is InChI=1S/C23H26N4O2S2/c1-13-18(21-26-14-7-3-4-8-17(14)31-21)20(27-22(30)24-13)25-15-9-10-16-19(15)29-23(28-16)11-5-2-6-12-23/h3-4,7-8,15-16,19H,2,5-6,9-12H2,1H3,(H2,24,25,27,30)/t15-,16-,19+/m1/s1. The van der Waals surface area contributed by atoms with Crippen LogP contribution in [0.2, 0.25) is 0 Å². The van der Waals surface area contributed by atoms with E-state index in [1.165, 1.54) is 19.3 Å². The first-order valence-corrected chi connectivity index (χ1v) is 12.4. The number of fused-ring (bicyclic) bond motifs is 2. The van der Waals surface area contributed by atoms with E-state index in [1.807, 2.05) is 25.1 Å². The summed E-state index contributed by atoms with van der Waals surface area (Å²) < 4.78 is 14.2. The minimum absolute atomic E-state index is 0.0555. The fourth-order valence-electron chi connectivity index (χ4n) is 5.32. The van der Waals surface area contributed by atoms with Gasteiger partial charge in [0.15, 0.2) is 10.9 Å². The summed E-state index contributed by atoms with van der Waals surface area (Å²) in [6, 6.07) is 8.35. The van der Waals surface area contributed by atoms with Crippen LogP contribution in [0.5, 0.6) is 0 Å². The first-order chi connectivity index (χ1) is 15.1. The fraction of sp³-hybridized carbons (Fsp3) is 0.522. The molecule has 3 heterocycles. The zero-order chi connectivity index (χ0) is 21.0. The van der Waals surface area contributed by atoms with E-state index in [9.17, 15) is 0 Å². The Bertz CT molecular complexity index is 1090. The third kappa shape index (κ3) is 3.53. The molecule has 2 aromatic heterocycles. The molecular weight excluding hydrogens is 428 g/mol. The Morgan fingerprint density at radius 2 is 1.90 bits per heavy atom. The summed E-state index contributed by atoms with van der Waals surface area (Å²) in [5, 5.41) is 5.08. The van der Waals surface area contributed by atoms with Crippen molar-refractivity contribution < 1.29 is 9.47 Å². The minimum Gasteiger partial charge on any atom is -0.364 e. The summed E-state index contributed by atoms with van der Waals surface area (Å²) >= 11 is 6.12. The molecule has 6 nitrogen and oxygen atoms in total. The summed E-state index contributed by atoms with van der Waals surface area (Å²) in [5.41, 5.74) is 2.83. The second kappa shape index (κ2) is 7.69. The van der Waals surface area contributed by atoms with Crippen molar-refractivity contribution >= 4 is 40.0 Å². The molecule has 3 aromatic rings. The van der Waals surface area contributed by atoms with Gasteiger partial charge < -0.3 is 14.8 Å². The number of benzene rings is 1. The van der Waals surface area contributed by atoms with Crippen LogP contribution in [-0.2, 0) is 9.47 Å². The van der Waals surface area contributed by atoms with Crippen molar-refractivity contribution in [2.45, 2.75) is 81.1 Å². The number of ether oxygens (including phenoxy) is 2. The Hall–Kier alpha value is -1.74. The van der Waals surface area contributed by atoms with Gasteiger partial charge in [0.2, 0.25) is 0 Å². The molecule has 2 saturated carbocycles. The lowest BCUT2D eigenvalue weighted by Crippen LogP contribution is -2.38. The number of thiol groups is 1. The van der Waals surface area contributed by atoms with Gasteiger partial charge in [-0.2, -0.15) is 0 Å². The predicted molar refractivity (Wildman–Crippen MR) is 125 cm³/mol. The van der Waals surface area contributed by atoms with Crippen LogP contribution in [0.4, 0.5) is 5.82 Å². The molecule has 1 N–H and O–H groups in total. The third-order valence-electron chi connectivity index (χ3n) is 6.77. The van der Waals surface area contributed by atoms with Crippen molar-refractivity contribution in [2.24, 2.45) is 0 Å². The minimum atomic E-state index is -0.361. The molecule has 1 aliphatic heterocycles. The fourth-order valence-corrected chi connectivity index (χ4v) is 6.63. The summed E-state index contributed by atoms with van der Waals surface area (Å²) in [6.07, 6.45) is 7.91. The highest BCUT2D eigenvalue weighted by molar-refractivity contribution is 7.80. The monoisotopic (exact) mass is 454 g/mol. The molecule has 0 amide bonds. The van der Waals surface area contributed by atoms with Gasteiger partial charge in [0.1, 0.15) is 16.9 Å². The molecule has 2 aliphatic carbocycles. The van der Waals surface area contributed by atoms with Gasteiger partial charge in [-0.15, -0.1) is 24.0 Å². The van der Waals surface area contributed by atoms with Crippen LogP contribution in [0.25, 0.3) is 20.8 Å². The van der Waals surface area contributed by atoms with Crippen LogP contribution in [0.1, 0.15) is 50.6 Å². The second-order valence-corrected chi connectivity index (χ2v) is 10.3. The number of hydrogen-bond acceptors (Lipinski definition) is 8. The third-order valence-corrected chi connectivity index (χ3v) is 8.02. The zero-order valence-electron chi connectivity index (χ0n) is 17.5. The maximum Gasteiger partial charge on any atom is 0.186 e. The zero-order valence-corrected chi connectivity index (χ0v) is 19.2. The Labute approximate surface area is 191 Å². The van der Waals surface area contributed by atoms with Gasteiger partial charge in [0, 0.05) is 12.8 Å². The van der Waals surface area contributed by atoms with Crippen molar-refractivity contribution in [3.8, 4) is 10.6 Å². The molecule has 0 bridgehead atoms. The summed E-state index contributed by atoms with van der Waals surface area (Å²) in [4.78, 5) is 14.0. The van der Waals surface area contributed by atoms with Crippen LogP contribution in [-0.4, -0.2) is 39.0 Å². The van der Waals surface area contributed by atoms with Gasteiger partial charge in [-0.25, -0.2) is 15.0 Å². The van der Waals surface area contributed by atoms with E-state index in [1.54, 1.807) is 11.3 Å². The average Bonchev–Trinajstić information content (AvgIpc) is 3.42. The topological polar surface area (TPSA) is 69.2 Å². The molecule has 3 fully saturated rings. The van der Waals surface area contributed by atoms with Gasteiger partial charge in [-0.05, 0) is 44.7 Å². The lowest BCUT2D eigenvalue weighted by atomic mass is 9.94. The van der Waals surface area contributed by atoms with Gasteiger partial charge >= 0.3 is 0 Å². The maximum absolute atomic E-state index is 6.59. The van der Waals surface area contributed by atoms with Gasteiger partial charge in [-0.3, -0.25) is 0 Å². The molecule has 6 rings (SSSR count). The molecule has 1 spiro atoms. The van der Waals surface area contributed by atoms with Crippen molar-refractivity contribution in [3.63, 3.8) is 0 Å². The number of nitrogens with zero attached hydrogens (tertiary/aromatic N) is 3. The SMILES string of the molecule is Cc1nc(S)nc(N[C@@H]2CC[C@H]3OC4(CCCCC4)O[C@@H]23)c1-c1nc2ccccc2s1. The molecule has 31 heavy (non-hydrogen) atoms. The number of rotatable bonds is 3. The number of anilines is 1. The first kappa shape index (κ1) is 19.9. The van der Waals surface area contributed by atoms with Crippen LogP contribution < -0.4 is 5.32 Å². The largest absolute Gasteiger partial charge is 0.364 e. The second-order valence-electron chi connectivity index (χ2n) is 8.86. The number of thiazole rings is 1. The van der Waals surface area contributed by atoms with E-state index in [-0.39, 0.29) is 24.0 Å². The average molecular weight is 455 g/mol. The molecule has 162 valence electrons. The molecule has 3 aliphatic rings. The quantitative estimate of drug-likeness (QED) is 0.410. The van der Waals surface area contributed by atoms with Crippen molar-refractivity contribution in [2.75, 3.05) is 5.32 Å². The lowest BCUT2D eigenvalue weighted by molar-refractivity contribution is -0.198. The molecule has 1 saturated heterocycles. The number of aryl methyl sites for hydroxylation is 1. The Morgan fingerprint density at radius 3 is 2.74 bits per heavy atom. The van der Waals surface area contributed by atoms with E-state index in [0.29, 0.717) is 5.16 Å². The van der Waals surface area contributed by atoms with Crippen molar-refractivity contribution in [1.29, 1.82) is 0 Å². The molecule has 0 radical (unpaired) electrons. The highest BCUT2D eigenvalue weighted by Gasteiger charge is 2.53. The van der Waals surface area contributed by atoms with E-state index < -0.39 is 0 Å². The predicted octanol–water partition coefficient (Wildman–Crippen LogP) is 5.37. The molecule has 1 aromatic carbocycles. The van der Waals surface area contributed by atoms with E-state index in [2.05, 4.69) is 34.0 Å². The Morgan fingerprint density at radius 1 is 1.06 bits per heavy atom. The van der Waals surface area contributed by atoms with Crippen LogP contribution in [0.3, 0.4) is 0 Å². The van der Waals surface area contributed by atoms with Crippen molar-refractivity contribution in [1.82, 2.24) is 15.0 Å². The molecule has 3 atom stereocenters. The van der Waals surface area contributed by atoms with Crippen molar-refractivity contribution in [3.05, 3.63) is 30.0 Å². The highest BCUT2D eigenvalue weighted by Crippen LogP contribution is 2.46. The number of nitrogens with one attached hydrogen (secondary N) is 1. The maximum atomic E-state index is 6.59. The lowest BCUT2D eigenvalue weighted by Gasteiger charge is -2.33. The normalized spacial score (nSPS) is 27.1. The highest BCUT2D eigenvalue weighted by atomic mass is 32.1. The van der Waals surface area contributed by atoms with Gasteiger partial charge in [-0.1, -0.05) is 18.6 Å². The first-order valence-electron chi connectivity index (χ1n) is 11.2. The van der Waals surface area contributed by atoms with Crippen LogP contribution in [0, 0.1) is 6.92 Å². The number of para-hydroxylation sites is 1. The number of hydrogen-bond donors (Lipinski definition) is 2. The van der Waals surface area contributed by atoms with Gasteiger partial charge in [0.05, 0.1) is 33.6 Å². The Balaban J connectivity index is 1.32. The molecule has 8 heteroatoms. The van der Waals surface area contributed by atoms with Crippen LogP contribution in [0.15, 0.2) is 29.4 Å². The molecule has 0 unspecified atom stereocenters. The summed E-state index contributed by atoms with van der Waals surface area (Å²) in [7, 11) is 0. The van der Waals surface area contributed by atoms with E-state index in [4.69, 9.17) is 14.5 Å².